The van der Waals surface area contributed by atoms with Crippen LogP contribution >= 0.6 is 0 Å². The Labute approximate surface area is 137 Å². The van der Waals surface area contributed by atoms with E-state index in [0.29, 0.717) is 0 Å². The van der Waals surface area contributed by atoms with Crippen molar-refractivity contribution in [1.82, 2.24) is 0 Å². The molecule has 2 rings (SSSR count). The fourth-order valence-electron chi connectivity index (χ4n) is 3.21. The third kappa shape index (κ3) is 4.10. The maximum absolute atomic E-state index is 13.0. The Hall–Kier alpha value is -1.43. The van der Waals surface area contributed by atoms with Gasteiger partial charge in [-0.3, -0.25) is 4.79 Å². The molecule has 1 atom stereocenters. The molecule has 1 heterocycles. The standard InChI is InChI=1S/C17H24FNO3S/c1-11(2)14-6-5-7-15(12(3)4)17(14)19-9-13(8-16(19)20)10-23(18,21)22/h5-7,11-13H,8-10H2,1-4H3. The molecule has 0 radical (unpaired) electrons. The van der Waals surface area contributed by atoms with Crippen molar-refractivity contribution >= 4 is 21.8 Å². The molecule has 1 aromatic rings. The Bertz CT molecular complexity index is 672. The van der Waals surface area contributed by atoms with Crippen molar-refractivity contribution in [2.75, 3.05) is 17.2 Å². The summed E-state index contributed by atoms with van der Waals surface area (Å²) in [6.07, 6.45) is 0.0765. The summed E-state index contributed by atoms with van der Waals surface area (Å²) < 4.78 is 34.7. The number of para-hydroxylation sites is 1. The molecule has 23 heavy (non-hydrogen) atoms. The van der Waals surface area contributed by atoms with Crippen LogP contribution in [0, 0.1) is 5.92 Å². The van der Waals surface area contributed by atoms with Crippen LogP contribution in [-0.4, -0.2) is 26.6 Å². The Balaban J connectivity index is 2.43. The lowest BCUT2D eigenvalue weighted by atomic mass is 9.92. The molecule has 128 valence electrons. The van der Waals surface area contributed by atoms with E-state index in [2.05, 4.69) is 27.7 Å². The molecule has 4 nitrogen and oxygen atoms in total. The number of carbonyl (C=O) groups is 1. The van der Waals surface area contributed by atoms with E-state index in [0.717, 1.165) is 16.8 Å². The number of nitrogens with zero attached hydrogens (tertiary/aromatic N) is 1. The summed E-state index contributed by atoms with van der Waals surface area (Å²) in [5.41, 5.74) is 3.00. The van der Waals surface area contributed by atoms with E-state index in [9.17, 15) is 17.1 Å². The summed E-state index contributed by atoms with van der Waals surface area (Å²) in [5, 5.41) is 0. The molecule has 0 bridgehead atoms. The summed E-state index contributed by atoms with van der Waals surface area (Å²) in [6.45, 7) is 8.51. The molecular weight excluding hydrogens is 317 g/mol. The summed E-state index contributed by atoms with van der Waals surface area (Å²) in [7, 11) is -4.57. The predicted octanol–water partition coefficient (Wildman–Crippen LogP) is 3.59. The van der Waals surface area contributed by atoms with E-state index in [1.807, 2.05) is 18.2 Å². The smallest absolute Gasteiger partial charge is 0.302 e. The van der Waals surface area contributed by atoms with Crippen molar-refractivity contribution in [1.29, 1.82) is 0 Å². The number of hydrogen-bond acceptors (Lipinski definition) is 3. The van der Waals surface area contributed by atoms with Crippen LogP contribution in [0.25, 0.3) is 0 Å². The molecule has 0 aromatic heterocycles. The van der Waals surface area contributed by atoms with Gasteiger partial charge in [-0.1, -0.05) is 45.9 Å². The van der Waals surface area contributed by atoms with Crippen molar-refractivity contribution in [3.63, 3.8) is 0 Å². The summed E-state index contributed by atoms with van der Waals surface area (Å²) in [4.78, 5) is 14.1. The lowest BCUT2D eigenvalue weighted by molar-refractivity contribution is -0.117. The molecular formula is C17H24FNO3S. The normalized spacial score (nSPS) is 19.2. The summed E-state index contributed by atoms with van der Waals surface area (Å²) >= 11 is 0. The lowest BCUT2D eigenvalue weighted by Gasteiger charge is -2.27. The molecule has 1 aliphatic heterocycles. The molecule has 1 fully saturated rings. The first-order valence-corrected chi connectivity index (χ1v) is 9.51. The Morgan fingerprint density at radius 2 is 1.70 bits per heavy atom. The van der Waals surface area contributed by atoms with Gasteiger partial charge in [0, 0.05) is 18.9 Å². The third-order valence-corrected chi connectivity index (χ3v) is 5.12. The number of anilines is 1. The van der Waals surface area contributed by atoms with Gasteiger partial charge in [-0.25, -0.2) is 0 Å². The maximum atomic E-state index is 13.0. The van der Waals surface area contributed by atoms with Crippen molar-refractivity contribution in [3.05, 3.63) is 29.3 Å². The van der Waals surface area contributed by atoms with E-state index in [4.69, 9.17) is 0 Å². The summed E-state index contributed by atoms with van der Waals surface area (Å²) in [5.74, 6) is -0.733. The molecule has 6 heteroatoms. The second kappa shape index (κ2) is 6.59. The molecule has 1 aromatic carbocycles. The van der Waals surface area contributed by atoms with E-state index in [-0.39, 0.29) is 30.7 Å². The average Bonchev–Trinajstić information content (AvgIpc) is 2.75. The third-order valence-electron chi connectivity index (χ3n) is 4.25. The van der Waals surface area contributed by atoms with Gasteiger partial charge in [-0.15, -0.1) is 3.89 Å². The number of halogens is 1. The minimum Gasteiger partial charge on any atom is -0.312 e. The van der Waals surface area contributed by atoms with Crippen LogP contribution in [0.5, 0.6) is 0 Å². The Kier molecular flexibility index (Phi) is 5.14. The minimum absolute atomic E-state index is 0.0765. The highest BCUT2D eigenvalue weighted by atomic mass is 32.3. The highest BCUT2D eigenvalue weighted by molar-refractivity contribution is 7.86. The number of carbonyl (C=O) groups excluding carboxylic acids is 1. The van der Waals surface area contributed by atoms with Gasteiger partial charge in [0.2, 0.25) is 5.91 Å². The zero-order valence-corrected chi connectivity index (χ0v) is 14.9. The second-order valence-corrected chi connectivity index (χ2v) is 8.29. The zero-order chi connectivity index (χ0) is 17.4. The fraction of sp³-hybridized carbons (Fsp3) is 0.588. The largest absolute Gasteiger partial charge is 0.312 e. The van der Waals surface area contributed by atoms with Gasteiger partial charge in [0.15, 0.2) is 0 Å². The molecule has 1 saturated heterocycles. The van der Waals surface area contributed by atoms with Gasteiger partial charge in [0.1, 0.15) is 0 Å². The van der Waals surface area contributed by atoms with Crippen molar-refractivity contribution in [2.24, 2.45) is 5.92 Å². The monoisotopic (exact) mass is 341 g/mol. The highest BCUT2D eigenvalue weighted by Gasteiger charge is 2.36. The van der Waals surface area contributed by atoms with Gasteiger partial charge in [0.05, 0.1) is 11.4 Å². The van der Waals surface area contributed by atoms with Gasteiger partial charge in [-0.05, 0) is 23.0 Å². The number of benzene rings is 1. The van der Waals surface area contributed by atoms with Crippen molar-refractivity contribution in [2.45, 2.75) is 46.0 Å². The molecule has 0 saturated carbocycles. The van der Waals surface area contributed by atoms with E-state index < -0.39 is 21.9 Å². The van der Waals surface area contributed by atoms with Gasteiger partial charge >= 0.3 is 10.2 Å². The zero-order valence-electron chi connectivity index (χ0n) is 14.0. The van der Waals surface area contributed by atoms with E-state index >= 15 is 0 Å². The van der Waals surface area contributed by atoms with Crippen LogP contribution in [0.15, 0.2) is 18.2 Å². The average molecular weight is 341 g/mol. The van der Waals surface area contributed by atoms with Crippen LogP contribution < -0.4 is 4.90 Å². The highest BCUT2D eigenvalue weighted by Crippen LogP contribution is 2.38. The first-order valence-electron chi connectivity index (χ1n) is 7.95. The lowest BCUT2D eigenvalue weighted by Crippen LogP contribution is -2.28. The van der Waals surface area contributed by atoms with E-state index in [1.54, 1.807) is 4.90 Å². The fourth-order valence-corrected chi connectivity index (χ4v) is 4.00. The number of hydrogen-bond donors (Lipinski definition) is 0. The van der Waals surface area contributed by atoms with Gasteiger partial charge in [0.25, 0.3) is 0 Å². The maximum Gasteiger partial charge on any atom is 0.302 e. The van der Waals surface area contributed by atoms with Crippen LogP contribution in [-0.2, 0) is 15.0 Å². The summed E-state index contributed by atoms with van der Waals surface area (Å²) in [6, 6.07) is 5.98. The van der Waals surface area contributed by atoms with Crippen molar-refractivity contribution in [3.8, 4) is 0 Å². The van der Waals surface area contributed by atoms with Crippen molar-refractivity contribution < 1.29 is 17.1 Å². The minimum atomic E-state index is -4.57. The first-order chi connectivity index (χ1) is 10.6. The molecule has 1 unspecified atom stereocenters. The quantitative estimate of drug-likeness (QED) is 0.769. The Morgan fingerprint density at radius 3 is 2.13 bits per heavy atom. The number of rotatable bonds is 5. The van der Waals surface area contributed by atoms with Crippen LogP contribution in [0.3, 0.4) is 0 Å². The molecule has 0 aliphatic carbocycles. The molecule has 0 spiro atoms. The molecule has 0 N–H and O–H groups in total. The Morgan fingerprint density at radius 1 is 1.17 bits per heavy atom. The topological polar surface area (TPSA) is 54.5 Å². The van der Waals surface area contributed by atoms with Crippen LogP contribution in [0.1, 0.15) is 57.1 Å². The SMILES string of the molecule is CC(C)c1cccc(C(C)C)c1N1CC(CS(=O)(=O)F)CC1=O. The number of amides is 1. The predicted molar refractivity (Wildman–Crippen MR) is 90.0 cm³/mol. The first kappa shape index (κ1) is 17.9. The van der Waals surface area contributed by atoms with E-state index in [1.165, 1.54) is 0 Å². The molecule has 1 amide bonds. The van der Waals surface area contributed by atoms with Gasteiger partial charge in [-0.2, -0.15) is 8.42 Å². The van der Waals surface area contributed by atoms with Crippen LogP contribution in [0.4, 0.5) is 9.57 Å². The van der Waals surface area contributed by atoms with Crippen LogP contribution in [0.2, 0.25) is 0 Å². The molecule has 1 aliphatic rings. The van der Waals surface area contributed by atoms with Gasteiger partial charge < -0.3 is 4.90 Å². The second-order valence-electron chi connectivity index (χ2n) is 6.87.